The fourth-order valence-electron chi connectivity index (χ4n) is 2.65. The fourth-order valence-corrected chi connectivity index (χ4v) is 2.82. The van der Waals surface area contributed by atoms with E-state index in [2.05, 4.69) is 12.2 Å². The van der Waals surface area contributed by atoms with Crippen LogP contribution < -0.4 is 15.7 Å². The van der Waals surface area contributed by atoms with Gasteiger partial charge >= 0.3 is 5.63 Å². The summed E-state index contributed by atoms with van der Waals surface area (Å²) in [6, 6.07) is 12.8. The highest BCUT2D eigenvalue weighted by molar-refractivity contribution is 6.30. The Morgan fingerprint density at radius 1 is 1.17 bits per heavy atom. The molecule has 0 saturated carbocycles. The van der Waals surface area contributed by atoms with Crippen molar-refractivity contribution in [2.75, 3.05) is 12.4 Å². The van der Waals surface area contributed by atoms with Gasteiger partial charge in [-0.25, -0.2) is 4.79 Å². The molecule has 3 aromatic rings. The van der Waals surface area contributed by atoms with E-state index in [0.717, 1.165) is 28.6 Å². The summed E-state index contributed by atoms with van der Waals surface area (Å²) in [5.74, 6) is 0.694. The first kappa shape index (κ1) is 16.4. The van der Waals surface area contributed by atoms with Crippen molar-refractivity contribution in [1.82, 2.24) is 0 Å². The number of ether oxygens (including phenoxy) is 1. The average Bonchev–Trinajstić information content (AvgIpc) is 2.59. The van der Waals surface area contributed by atoms with Crippen molar-refractivity contribution in [3.63, 3.8) is 0 Å². The molecule has 3 rings (SSSR count). The van der Waals surface area contributed by atoms with Crippen LogP contribution in [0.4, 0.5) is 5.69 Å². The van der Waals surface area contributed by atoms with Gasteiger partial charge in [0.15, 0.2) is 0 Å². The molecular formula is C19H18ClNO3. The van der Waals surface area contributed by atoms with Crippen LogP contribution >= 0.6 is 11.6 Å². The Balaban J connectivity index is 1.96. The monoisotopic (exact) mass is 343 g/mol. The lowest BCUT2D eigenvalue weighted by atomic mass is 10.1. The molecule has 2 aromatic carbocycles. The van der Waals surface area contributed by atoms with Crippen LogP contribution in [0.1, 0.15) is 18.1 Å². The molecule has 0 amide bonds. The molecule has 0 saturated heterocycles. The van der Waals surface area contributed by atoms with Gasteiger partial charge in [-0.05, 0) is 41.8 Å². The number of hydrogen-bond donors (Lipinski definition) is 1. The number of benzene rings is 2. The topological polar surface area (TPSA) is 51.5 Å². The third-order valence-corrected chi connectivity index (χ3v) is 4.17. The van der Waals surface area contributed by atoms with Crippen LogP contribution in [0.5, 0.6) is 5.75 Å². The number of hydrogen-bond acceptors (Lipinski definition) is 4. The smallest absolute Gasteiger partial charge is 0.336 e. The van der Waals surface area contributed by atoms with E-state index in [9.17, 15) is 4.79 Å². The lowest BCUT2D eigenvalue weighted by Crippen LogP contribution is -2.06. The minimum atomic E-state index is -0.356. The van der Waals surface area contributed by atoms with E-state index in [-0.39, 0.29) is 5.63 Å². The standard InChI is InChI=1S/C19H18ClNO3/c1-3-12-4-6-15-13(9-19(22)24-18(15)8-12)11-21-16-10-14(20)5-7-17(16)23-2/h4-10,21H,3,11H2,1-2H3. The first-order valence-electron chi connectivity index (χ1n) is 7.73. The van der Waals surface area contributed by atoms with Gasteiger partial charge in [0.05, 0.1) is 12.8 Å². The predicted molar refractivity (Wildman–Crippen MR) is 97.2 cm³/mol. The normalized spacial score (nSPS) is 10.8. The predicted octanol–water partition coefficient (Wildman–Crippen LogP) is 4.63. The Morgan fingerprint density at radius 3 is 2.75 bits per heavy atom. The van der Waals surface area contributed by atoms with Crippen LogP contribution in [-0.2, 0) is 13.0 Å². The van der Waals surface area contributed by atoms with Gasteiger partial charge in [0.1, 0.15) is 11.3 Å². The maximum atomic E-state index is 11.9. The van der Waals surface area contributed by atoms with Crippen molar-refractivity contribution in [1.29, 1.82) is 0 Å². The summed E-state index contributed by atoms with van der Waals surface area (Å²) in [6.07, 6.45) is 0.891. The average molecular weight is 344 g/mol. The second kappa shape index (κ2) is 6.97. The minimum absolute atomic E-state index is 0.356. The van der Waals surface area contributed by atoms with E-state index < -0.39 is 0 Å². The van der Waals surface area contributed by atoms with Crippen LogP contribution in [0.3, 0.4) is 0 Å². The van der Waals surface area contributed by atoms with Gasteiger partial charge in [-0.15, -0.1) is 0 Å². The Labute approximate surface area is 145 Å². The van der Waals surface area contributed by atoms with Gasteiger partial charge in [0.25, 0.3) is 0 Å². The molecule has 0 aliphatic rings. The molecule has 0 unspecified atom stereocenters. The van der Waals surface area contributed by atoms with E-state index in [1.54, 1.807) is 25.3 Å². The molecule has 5 heteroatoms. The van der Waals surface area contributed by atoms with E-state index in [1.807, 2.05) is 18.2 Å². The van der Waals surface area contributed by atoms with Crippen molar-refractivity contribution in [3.8, 4) is 5.75 Å². The highest BCUT2D eigenvalue weighted by Crippen LogP contribution is 2.28. The number of methoxy groups -OCH3 is 1. The molecule has 1 aromatic heterocycles. The van der Waals surface area contributed by atoms with Crippen LogP contribution in [-0.4, -0.2) is 7.11 Å². The number of fused-ring (bicyclic) bond motifs is 1. The lowest BCUT2D eigenvalue weighted by molar-refractivity contribution is 0.416. The molecular weight excluding hydrogens is 326 g/mol. The molecule has 24 heavy (non-hydrogen) atoms. The van der Waals surface area contributed by atoms with Crippen LogP contribution in [0, 0.1) is 0 Å². The number of rotatable bonds is 5. The highest BCUT2D eigenvalue weighted by atomic mass is 35.5. The van der Waals surface area contributed by atoms with Crippen molar-refractivity contribution in [2.45, 2.75) is 19.9 Å². The first-order valence-corrected chi connectivity index (χ1v) is 8.11. The van der Waals surface area contributed by atoms with Gasteiger partial charge in [-0.2, -0.15) is 0 Å². The van der Waals surface area contributed by atoms with Gasteiger partial charge < -0.3 is 14.5 Å². The summed E-state index contributed by atoms with van der Waals surface area (Å²) in [6.45, 7) is 2.53. The summed E-state index contributed by atoms with van der Waals surface area (Å²) in [4.78, 5) is 11.9. The van der Waals surface area contributed by atoms with Crippen molar-refractivity contribution >= 4 is 28.3 Å². The van der Waals surface area contributed by atoms with Gasteiger partial charge in [-0.3, -0.25) is 0 Å². The van der Waals surface area contributed by atoms with E-state index in [1.165, 1.54) is 6.07 Å². The zero-order valence-corrected chi connectivity index (χ0v) is 14.3. The summed E-state index contributed by atoms with van der Waals surface area (Å²) in [7, 11) is 1.60. The number of aryl methyl sites for hydroxylation is 1. The van der Waals surface area contributed by atoms with Crippen molar-refractivity contribution in [2.24, 2.45) is 0 Å². The molecule has 0 radical (unpaired) electrons. The quantitative estimate of drug-likeness (QED) is 0.686. The van der Waals surface area contributed by atoms with Gasteiger partial charge in [0, 0.05) is 23.0 Å². The lowest BCUT2D eigenvalue weighted by Gasteiger charge is -2.12. The third kappa shape index (κ3) is 3.39. The number of halogens is 1. The Morgan fingerprint density at radius 2 is 2.00 bits per heavy atom. The van der Waals surface area contributed by atoms with Crippen LogP contribution in [0.25, 0.3) is 11.0 Å². The van der Waals surface area contributed by atoms with E-state index >= 15 is 0 Å². The van der Waals surface area contributed by atoms with Crippen LogP contribution in [0.15, 0.2) is 51.7 Å². The molecule has 0 spiro atoms. The second-order valence-corrected chi connectivity index (χ2v) is 5.91. The van der Waals surface area contributed by atoms with Gasteiger partial charge in [-0.1, -0.05) is 30.7 Å². The third-order valence-electron chi connectivity index (χ3n) is 3.93. The summed E-state index contributed by atoms with van der Waals surface area (Å²) >= 11 is 6.05. The number of nitrogens with one attached hydrogen (secondary N) is 1. The zero-order valence-electron chi connectivity index (χ0n) is 13.6. The first-order chi connectivity index (χ1) is 11.6. The zero-order chi connectivity index (χ0) is 17.1. The molecule has 0 fully saturated rings. The highest BCUT2D eigenvalue weighted by Gasteiger charge is 2.08. The molecule has 0 atom stereocenters. The Kier molecular flexibility index (Phi) is 4.76. The van der Waals surface area contributed by atoms with Crippen molar-refractivity contribution < 1.29 is 9.15 Å². The summed E-state index contributed by atoms with van der Waals surface area (Å²) < 4.78 is 10.7. The fraction of sp³-hybridized carbons (Fsp3) is 0.211. The molecule has 0 bridgehead atoms. The molecule has 0 aliphatic heterocycles. The molecule has 4 nitrogen and oxygen atoms in total. The van der Waals surface area contributed by atoms with Gasteiger partial charge in [0.2, 0.25) is 0 Å². The maximum absolute atomic E-state index is 11.9. The number of anilines is 1. The Hall–Kier alpha value is -2.46. The van der Waals surface area contributed by atoms with E-state index in [0.29, 0.717) is 22.9 Å². The van der Waals surface area contributed by atoms with E-state index in [4.69, 9.17) is 20.8 Å². The summed E-state index contributed by atoms with van der Waals surface area (Å²) in [5.41, 5.74) is 3.03. The SMILES string of the molecule is CCc1ccc2c(CNc3cc(Cl)ccc3OC)cc(=O)oc2c1. The Bertz CT molecular complexity index is 934. The minimum Gasteiger partial charge on any atom is -0.495 e. The van der Waals surface area contributed by atoms with Crippen LogP contribution in [0.2, 0.25) is 5.02 Å². The van der Waals surface area contributed by atoms with Crippen molar-refractivity contribution in [3.05, 3.63) is 69.0 Å². The molecule has 0 aliphatic carbocycles. The second-order valence-electron chi connectivity index (χ2n) is 5.47. The summed E-state index contributed by atoms with van der Waals surface area (Å²) in [5, 5.41) is 4.81. The molecule has 124 valence electrons. The molecule has 1 heterocycles. The maximum Gasteiger partial charge on any atom is 0.336 e. The largest absolute Gasteiger partial charge is 0.495 e. The molecule has 1 N–H and O–H groups in total.